The van der Waals surface area contributed by atoms with Gasteiger partial charge >= 0.3 is 5.69 Å². The van der Waals surface area contributed by atoms with Crippen molar-refractivity contribution in [1.29, 1.82) is 0 Å². The first-order valence-electron chi connectivity index (χ1n) is 4.70. The zero-order valence-electron chi connectivity index (χ0n) is 8.59. The second-order valence-electron chi connectivity index (χ2n) is 3.09. The Morgan fingerprint density at radius 1 is 1.35 bits per heavy atom. The lowest BCUT2D eigenvalue weighted by molar-refractivity contribution is 0.628. The summed E-state index contributed by atoms with van der Waals surface area (Å²) >= 11 is 0. The maximum Gasteiger partial charge on any atom is 0.363 e. The molecule has 6 nitrogen and oxygen atoms in total. The maximum atomic E-state index is 12.6. The van der Waals surface area contributed by atoms with Gasteiger partial charge in [-0.25, -0.2) is 14.3 Å². The number of benzene rings is 1. The third-order valence-corrected chi connectivity index (χ3v) is 1.83. The lowest BCUT2D eigenvalue weighted by Crippen LogP contribution is -2.13. The van der Waals surface area contributed by atoms with E-state index in [-0.39, 0.29) is 11.6 Å². The van der Waals surface area contributed by atoms with Crippen molar-refractivity contribution in [2.24, 2.45) is 5.10 Å². The molecule has 0 saturated heterocycles. The molecule has 17 heavy (non-hydrogen) atoms. The van der Waals surface area contributed by atoms with Crippen LogP contribution in [0.5, 0.6) is 0 Å². The number of nitrogens with zero attached hydrogens (tertiary/aromatic N) is 3. The molecule has 0 spiro atoms. The van der Waals surface area contributed by atoms with E-state index in [1.54, 1.807) is 12.1 Å². The molecule has 0 aliphatic carbocycles. The van der Waals surface area contributed by atoms with Gasteiger partial charge < -0.3 is 0 Å². The summed E-state index contributed by atoms with van der Waals surface area (Å²) in [7, 11) is 0. The van der Waals surface area contributed by atoms with E-state index in [1.807, 2.05) is 0 Å². The van der Waals surface area contributed by atoms with Gasteiger partial charge in [-0.15, -0.1) is 0 Å². The fourth-order valence-electron chi connectivity index (χ4n) is 1.09. The summed E-state index contributed by atoms with van der Waals surface area (Å²) in [4.78, 5) is 14.4. The van der Waals surface area contributed by atoms with E-state index in [2.05, 4.69) is 25.7 Å². The lowest BCUT2D eigenvalue weighted by atomic mass is 10.2. The Kier molecular flexibility index (Phi) is 3.20. The smallest absolute Gasteiger partial charge is 0.260 e. The molecular weight excluding hydrogens is 225 g/mol. The van der Waals surface area contributed by atoms with Crippen molar-refractivity contribution in [3.63, 3.8) is 0 Å². The van der Waals surface area contributed by atoms with Crippen LogP contribution in [0.15, 0.2) is 40.4 Å². The first kappa shape index (κ1) is 10.9. The van der Waals surface area contributed by atoms with Crippen molar-refractivity contribution < 1.29 is 4.39 Å². The van der Waals surface area contributed by atoms with Gasteiger partial charge in [0.2, 0.25) is 0 Å². The zero-order chi connectivity index (χ0) is 12.1. The predicted molar refractivity (Wildman–Crippen MR) is 60.3 cm³/mol. The van der Waals surface area contributed by atoms with Gasteiger partial charge in [-0.05, 0) is 17.7 Å². The normalized spacial score (nSPS) is 10.6. The van der Waals surface area contributed by atoms with Crippen LogP contribution in [-0.4, -0.2) is 21.4 Å². The molecule has 1 aromatic heterocycles. The van der Waals surface area contributed by atoms with Crippen LogP contribution in [0.3, 0.4) is 0 Å². The fourth-order valence-corrected chi connectivity index (χ4v) is 1.09. The molecule has 0 unspecified atom stereocenters. The van der Waals surface area contributed by atoms with Crippen LogP contribution in [0.4, 0.5) is 10.2 Å². The Bertz CT molecular complexity index is 578. The van der Waals surface area contributed by atoms with E-state index in [0.717, 1.165) is 5.56 Å². The average Bonchev–Trinajstić information content (AvgIpc) is 2.32. The highest BCUT2D eigenvalue weighted by Crippen LogP contribution is 2.00. The summed E-state index contributed by atoms with van der Waals surface area (Å²) in [6.07, 6.45) is 2.80. The van der Waals surface area contributed by atoms with Crippen LogP contribution < -0.4 is 11.1 Å². The van der Waals surface area contributed by atoms with E-state index < -0.39 is 5.69 Å². The molecule has 86 valence electrons. The number of hydrogen-bond acceptors (Lipinski definition) is 5. The zero-order valence-corrected chi connectivity index (χ0v) is 8.59. The molecule has 0 fully saturated rings. The number of halogens is 1. The fraction of sp³-hybridized carbons (Fsp3) is 0. The summed E-state index contributed by atoms with van der Waals surface area (Å²) in [5.74, 6) is -0.0809. The molecule has 7 heteroatoms. The van der Waals surface area contributed by atoms with Crippen LogP contribution in [0.25, 0.3) is 0 Å². The molecule has 2 N–H and O–H groups in total. The molecule has 0 radical (unpaired) electrons. The number of hydrogen-bond donors (Lipinski definition) is 2. The quantitative estimate of drug-likeness (QED) is 0.605. The Labute approximate surface area is 95.2 Å². The summed E-state index contributed by atoms with van der Waals surface area (Å²) < 4.78 is 12.6. The molecule has 0 atom stereocenters. The van der Waals surface area contributed by atoms with Gasteiger partial charge in [-0.2, -0.15) is 15.2 Å². The molecule has 0 aliphatic rings. The van der Waals surface area contributed by atoms with E-state index in [9.17, 15) is 9.18 Å². The first-order chi connectivity index (χ1) is 8.24. The number of aromatic amines is 1. The van der Waals surface area contributed by atoms with Crippen LogP contribution in [-0.2, 0) is 0 Å². The largest absolute Gasteiger partial charge is 0.363 e. The SMILES string of the molecule is O=c1nc(N/N=C/c2ccc(F)cc2)cn[nH]1. The second-order valence-corrected chi connectivity index (χ2v) is 3.09. The molecule has 2 rings (SSSR count). The van der Waals surface area contributed by atoms with Crippen molar-refractivity contribution in [2.75, 3.05) is 5.43 Å². The van der Waals surface area contributed by atoms with Crippen LogP contribution in [0.1, 0.15) is 5.56 Å². The number of rotatable bonds is 3. The van der Waals surface area contributed by atoms with Gasteiger partial charge in [0.1, 0.15) is 5.82 Å². The summed E-state index contributed by atoms with van der Waals surface area (Å²) in [5, 5.41) is 9.50. The highest BCUT2D eigenvalue weighted by Gasteiger charge is 1.92. The highest BCUT2D eigenvalue weighted by atomic mass is 19.1. The molecule has 0 aliphatic heterocycles. The van der Waals surface area contributed by atoms with Crippen LogP contribution in [0, 0.1) is 5.82 Å². The predicted octanol–water partition coefficient (Wildman–Crippen LogP) is 0.750. The van der Waals surface area contributed by atoms with Crippen molar-refractivity contribution in [2.45, 2.75) is 0 Å². The second kappa shape index (κ2) is 4.97. The van der Waals surface area contributed by atoms with Crippen molar-refractivity contribution >= 4 is 12.0 Å². The van der Waals surface area contributed by atoms with E-state index >= 15 is 0 Å². The molecular formula is C10H8FN5O. The molecule has 0 saturated carbocycles. The van der Waals surface area contributed by atoms with E-state index in [1.165, 1.54) is 24.5 Å². The number of anilines is 1. The molecule has 1 heterocycles. The van der Waals surface area contributed by atoms with Gasteiger partial charge in [0.25, 0.3) is 0 Å². The average molecular weight is 233 g/mol. The van der Waals surface area contributed by atoms with Gasteiger partial charge in [0.15, 0.2) is 5.82 Å². The molecule has 1 aromatic carbocycles. The third-order valence-electron chi connectivity index (χ3n) is 1.83. The summed E-state index contributed by atoms with van der Waals surface area (Å²) in [6.45, 7) is 0. The Morgan fingerprint density at radius 3 is 2.82 bits per heavy atom. The minimum atomic E-state index is -0.563. The number of H-pyrrole nitrogens is 1. The minimum absolute atomic E-state index is 0.229. The Morgan fingerprint density at radius 2 is 2.12 bits per heavy atom. The van der Waals surface area contributed by atoms with Gasteiger partial charge in [0, 0.05) is 0 Å². The molecule has 2 aromatic rings. The first-order valence-corrected chi connectivity index (χ1v) is 4.70. The topological polar surface area (TPSA) is 83.0 Å². The van der Waals surface area contributed by atoms with Gasteiger partial charge in [0.05, 0.1) is 12.4 Å². The monoisotopic (exact) mass is 233 g/mol. The Hall–Kier alpha value is -2.57. The van der Waals surface area contributed by atoms with Gasteiger partial charge in [-0.1, -0.05) is 12.1 Å². The van der Waals surface area contributed by atoms with Crippen molar-refractivity contribution in [1.82, 2.24) is 15.2 Å². The van der Waals surface area contributed by atoms with Crippen LogP contribution >= 0.6 is 0 Å². The van der Waals surface area contributed by atoms with E-state index in [4.69, 9.17) is 0 Å². The Balaban J connectivity index is 2.02. The maximum absolute atomic E-state index is 12.6. The highest BCUT2D eigenvalue weighted by molar-refractivity contribution is 5.79. The van der Waals surface area contributed by atoms with Crippen molar-refractivity contribution in [3.05, 3.63) is 52.3 Å². The van der Waals surface area contributed by atoms with E-state index in [0.29, 0.717) is 0 Å². The summed E-state index contributed by atoms with van der Waals surface area (Å²) in [5.41, 5.74) is 2.69. The van der Waals surface area contributed by atoms with Gasteiger partial charge in [-0.3, -0.25) is 5.43 Å². The number of aromatic nitrogens is 3. The standard InChI is InChI=1S/C10H8FN5O/c11-8-3-1-7(2-4-8)5-12-15-9-6-13-16-10(17)14-9/h1-6H,(H2,14,15,16,17)/b12-5+. The summed E-state index contributed by atoms with van der Waals surface area (Å²) in [6, 6.07) is 5.80. The third kappa shape index (κ3) is 3.20. The number of nitrogens with one attached hydrogen (secondary N) is 2. The lowest BCUT2D eigenvalue weighted by Gasteiger charge is -1.96. The molecule has 0 bridgehead atoms. The minimum Gasteiger partial charge on any atom is -0.260 e. The molecule has 0 amide bonds. The van der Waals surface area contributed by atoms with Crippen molar-refractivity contribution in [3.8, 4) is 0 Å². The van der Waals surface area contributed by atoms with Crippen LogP contribution in [0.2, 0.25) is 0 Å². The number of hydrazone groups is 1.